The average Bonchev–Trinajstić information content (AvgIpc) is 3.34. The smallest absolute Gasteiger partial charge is 0.254 e. The topological polar surface area (TPSA) is 43.9 Å². The summed E-state index contributed by atoms with van der Waals surface area (Å²) in [5.41, 5.74) is 6.78. The summed E-state index contributed by atoms with van der Waals surface area (Å²) < 4.78 is 0. The van der Waals surface area contributed by atoms with Crippen molar-refractivity contribution in [3.8, 4) is 11.1 Å². The molecule has 3 aromatic rings. The number of carbonyl (C=O) groups excluding carboxylic acids is 2. The summed E-state index contributed by atoms with van der Waals surface area (Å²) in [7, 11) is 3.40. The molecule has 0 saturated carbocycles. The van der Waals surface area contributed by atoms with E-state index < -0.39 is 0 Å². The fourth-order valence-corrected chi connectivity index (χ4v) is 5.88. The molecular weight excluding hydrogens is 502 g/mol. The van der Waals surface area contributed by atoms with Crippen LogP contribution in [0, 0.1) is 5.92 Å². The fraction of sp³-hybridized carbons (Fsp3) is 0.300. The molecule has 1 aliphatic heterocycles. The summed E-state index contributed by atoms with van der Waals surface area (Å²) in [6.07, 6.45) is 1.86. The van der Waals surface area contributed by atoms with Crippen molar-refractivity contribution in [3.63, 3.8) is 0 Å². The van der Waals surface area contributed by atoms with Crippen LogP contribution in [0.25, 0.3) is 11.1 Å². The van der Waals surface area contributed by atoms with E-state index >= 15 is 0 Å². The highest BCUT2D eigenvalue weighted by Crippen LogP contribution is 2.42. The van der Waals surface area contributed by atoms with Crippen molar-refractivity contribution in [1.29, 1.82) is 0 Å². The Kier molecular flexibility index (Phi) is 8.30. The molecule has 3 aromatic carbocycles. The van der Waals surface area contributed by atoms with E-state index in [9.17, 15) is 9.59 Å². The number of hydrogen-bond donors (Lipinski definition) is 0. The van der Waals surface area contributed by atoms with Gasteiger partial charge < -0.3 is 9.80 Å². The van der Waals surface area contributed by atoms with Crippen LogP contribution >= 0.6 is 23.8 Å². The standard InChI is InChI=1S/C30H32ClN3O2S/c1-20(2)29-25(14-15-33(29)19-37)24-10-5-6-11-28(24)34(18-35)23-9-7-8-21(16-23)22-12-13-26(27(31)17-22)30(36)32(3)4/h5-13,16-20,25,29H,14-15H2,1-4H3/t25-,29?/m1/s1. The second-order valence-corrected chi connectivity index (χ2v) is 10.6. The minimum atomic E-state index is -0.146. The van der Waals surface area contributed by atoms with Gasteiger partial charge in [-0.2, -0.15) is 0 Å². The highest BCUT2D eigenvalue weighted by Gasteiger charge is 2.37. The Morgan fingerprint density at radius 2 is 1.78 bits per heavy atom. The molecule has 0 bridgehead atoms. The third-order valence-electron chi connectivity index (χ3n) is 7.08. The number of carbonyl (C=O) groups is 2. The third kappa shape index (κ3) is 5.41. The van der Waals surface area contributed by atoms with Crippen LogP contribution < -0.4 is 4.90 Å². The largest absolute Gasteiger partial charge is 0.365 e. The van der Waals surface area contributed by atoms with Gasteiger partial charge in [-0.05, 0) is 59.4 Å². The van der Waals surface area contributed by atoms with Gasteiger partial charge in [0.15, 0.2) is 0 Å². The number of nitrogens with zero attached hydrogens (tertiary/aromatic N) is 3. The molecule has 2 atom stereocenters. The third-order valence-corrected chi connectivity index (χ3v) is 7.66. The molecule has 7 heteroatoms. The van der Waals surface area contributed by atoms with E-state index in [2.05, 4.69) is 24.8 Å². The summed E-state index contributed by atoms with van der Waals surface area (Å²) in [6, 6.07) is 21.6. The maximum absolute atomic E-state index is 12.5. The van der Waals surface area contributed by atoms with Gasteiger partial charge >= 0.3 is 0 Å². The number of benzene rings is 3. The first-order chi connectivity index (χ1) is 17.8. The number of anilines is 2. The Bertz CT molecular complexity index is 1310. The van der Waals surface area contributed by atoms with Crippen molar-refractivity contribution >= 4 is 53.0 Å². The molecule has 0 N–H and O–H groups in total. The molecule has 0 spiro atoms. The molecule has 4 rings (SSSR count). The van der Waals surface area contributed by atoms with Crippen LogP contribution in [0.1, 0.15) is 42.1 Å². The summed E-state index contributed by atoms with van der Waals surface area (Å²) in [5, 5.41) is 0.392. The summed E-state index contributed by atoms with van der Waals surface area (Å²) in [4.78, 5) is 30.4. The summed E-state index contributed by atoms with van der Waals surface area (Å²) >= 11 is 11.8. The number of likely N-dealkylation sites (tertiary alicyclic amines) is 1. The van der Waals surface area contributed by atoms with E-state index in [1.165, 1.54) is 4.90 Å². The first-order valence-corrected chi connectivity index (χ1v) is 13.3. The van der Waals surface area contributed by atoms with Gasteiger partial charge in [0, 0.05) is 38.3 Å². The van der Waals surface area contributed by atoms with Crippen molar-refractivity contribution < 1.29 is 9.59 Å². The van der Waals surface area contributed by atoms with E-state index in [1.807, 2.05) is 48.5 Å². The lowest BCUT2D eigenvalue weighted by Gasteiger charge is -2.32. The molecule has 1 aliphatic rings. The highest BCUT2D eigenvalue weighted by molar-refractivity contribution is 7.78. The van der Waals surface area contributed by atoms with Gasteiger partial charge in [-0.3, -0.25) is 14.5 Å². The van der Waals surface area contributed by atoms with Crippen LogP contribution in [0.4, 0.5) is 11.4 Å². The number of amides is 2. The normalized spacial score (nSPS) is 17.1. The summed E-state index contributed by atoms with van der Waals surface area (Å²) in [6.45, 7) is 5.36. The number of hydrogen-bond acceptors (Lipinski definition) is 3. The van der Waals surface area contributed by atoms with E-state index in [4.69, 9.17) is 23.8 Å². The van der Waals surface area contributed by atoms with E-state index in [1.54, 1.807) is 36.6 Å². The second kappa shape index (κ2) is 11.4. The van der Waals surface area contributed by atoms with Gasteiger partial charge in [0.25, 0.3) is 5.91 Å². The molecular formula is C30H32ClN3O2S. The molecule has 37 heavy (non-hydrogen) atoms. The molecule has 1 unspecified atom stereocenters. The maximum atomic E-state index is 12.5. The predicted molar refractivity (Wildman–Crippen MR) is 156 cm³/mol. The zero-order valence-corrected chi connectivity index (χ0v) is 23.2. The van der Waals surface area contributed by atoms with Gasteiger partial charge in [-0.1, -0.05) is 74.1 Å². The van der Waals surface area contributed by atoms with Crippen molar-refractivity contribution in [1.82, 2.24) is 9.80 Å². The fourth-order valence-electron chi connectivity index (χ4n) is 5.37. The predicted octanol–water partition coefficient (Wildman–Crippen LogP) is 6.77. The number of thiocarbonyl (C=S) groups is 1. The SMILES string of the molecule is CC(C)C1[C@@H](c2ccccc2N(C=O)c2cccc(-c3ccc(C(=O)N(C)C)c(Cl)c3)c2)CCN1C=S. The van der Waals surface area contributed by atoms with Gasteiger partial charge in [0.05, 0.1) is 21.8 Å². The van der Waals surface area contributed by atoms with Crippen LogP contribution in [0.3, 0.4) is 0 Å². The van der Waals surface area contributed by atoms with Gasteiger partial charge in [0.1, 0.15) is 0 Å². The maximum Gasteiger partial charge on any atom is 0.254 e. The van der Waals surface area contributed by atoms with E-state index in [-0.39, 0.29) is 17.9 Å². The first kappa shape index (κ1) is 26.8. The lowest BCUT2D eigenvalue weighted by molar-refractivity contribution is -0.106. The van der Waals surface area contributed by atoms with Crippen LogP contribution in [-0.2, 0) is 4.79 Å². The Balaban J connectivity index is 1.71. The number of para-hydroxylation sites is 1. The molecule has 1 saturated heterocycles. The number of rotatable bonds is 8. The molecule has 0 aliphatic carbocycles. The van der Waals surface area contributed by atoms with Gasteiger partial charge in [-0.25, -0.2) is 0 Å². The Morgan fingerprint density at radius 3 is 2.43 bits per heavy atom. The second-order valence-electron chi connectivity index (χ2n) is 9.95. The quantitative estimate of drug-likeness (QED) is 0.236. The minimum Gasteiger partial charge on any atom is -0.365 e. The lowest BCUT2D eigenvalue weighted by atomic mass is 9.84. The monoisotopic (exact) mass is 533 g/mol. The zero-order chi connectivity index (χ0) is 26.7. The highest BCUT2D eigenvalue weighted by atomic mass is 35.5. The molecule has 5 nitrogen and oxygen atoms in total. The Morgan fingerprint density at radius 1 is 1.05 bits per heavy atom. The number of halogens is 1. The van der Waals surface area contributed by atoms with Crippen LogP contribution in [0.5, 0.6) is 0 Å². The van der Waals surface area contributed by atoms with Crippen LogP contribution in [0.15, 0.2) is 66.7 Å². The molecule has 1 fully saturated rings. The van der Waals surface area contributed by atoms with E-state index in [0.29, 0.717) is 16.5 Å². The van der Waals surface area contributed by atoms with Gasteiger partial charge in [-0.15, -0.1) is 0 Å². The zero-order valence-electron chi connectivity index (χ0n) is 21.6. The van der Waals surface area contributed by atoms with Crippen LogP contribution in [0.2, 0.25) is 5.02 Å². The van der Waals surface area contributed by atoms with Gasteiger partial charge in [0.2, 0.25) is 6.41 Å². The summed E-state index contributed by atoms with van der Waals surface area (Å²) in [5.74, 6) is 0.536. The average molecular weight is 534 g/mol. The Hall–Kier alpha value is -3.22. The van der Waals surface area contributed by atoms with Crippen molar-refractivity contribution in [3.05, 3.63) is 82.9 Å². The van der Waals surface area contributed by atoms with Crippen molar-refractivity contribution in [2.45, 2.75) is 32.2 Å². The van der Waals surface area contributed by atoms with Crippen molar-refractivity contribution in [2.75, 3.05) is 25.5 Å². The Labute approximate surface area is 229 Å². The molecule has 192 valence electrons. The molecule has 1 heterocycles. The molecule has 2 amide bonds. The molecule has 0 aromatic heterocycles. The molecule has 0 radical (unpaired) electrons. The lowest BCUT2D eigenvalue weighted by Crippen LogP contribution is -2.35. The minimum absolute atomic E-state index is 0.146. The van der Waals surface area contributed by atoms with Crippen molar-refractivity contribution in [2.24, 2.45) is 5.92 Å². The first-order valence-electron chi connectivity index (χ1n) is 12.4. The van der Waals surface area contributed by atoms with Crippen LogP contribution in [-0.4, -0.2) is 54.3 Å². The van der Waals surface area contributed by atoms with E-state index in [0.717, 1.165) is 47.4 Å².